The number of aromatic nitrogens is 3. The molecule has 9 nitrogen and oxygen atoms in total. The highest BCUT2D eigenvalue weighted by Crippen LogP contribution is 2.13. The molecule has 0 spiro atoms. The van der Waals surface area contributed by atoms with Crippen LogP contribution in [-0.4, -0.2) is 78.1 Å². The van der Waals surface area contributed by atoms with E-state index < -0.39 is 10.0 Å². The molecule has 1 saturated heterocycles. The van der Waals surface area contributed by atoms with Crippen LogP contribution in [0.3, 0.4) is 0 Å². The first kappa shape index (κ1) is 15.9. The first-order valence-corrected chi connectivity index (χ1v) is 8.20. The summed E-state index contributed by atoms with van der Waals surface area (Å²) in [6.45, 7) is 3.74. The largest absolute Gasteiger partial charge is 0.372 e. The van der Waals surface area contributed by atoms with Crippen LogP contribution >= 0.6 is 0 Å². The molecule has 1 aromatic rings. The highest BCUT2D eigenvalue weighted by atomic mass is 32.2. The second kappa shape index (κ2) is 6.96. The van der Waals surface area contributed by atoms with Crippen molar-refractivity contribution in [2.75, 3.05) is 39.4 Å². The molecule has 0 unspecified atom stereocenters. The standard InChI is InChI=1S/C11H19N5O4S/c1-2-7-20-8-10(17)15-3-5-16(6-4-15)21(18,19)11-12-9-13-14-11/h9H,2-8H2,1H3,(H,12,13,14). The molecule has 1 amide bonds. The molecular formula is C11H19N5O4S. The van der Waals surface area contributed by atoms with Gasteiger partial charge in [0.15, 0.2) is 0 Å². The molecule has 1 aliphatic rings. The summed E-state index contributed by atoms with van der Waals surface area (Å²) in [6.07, 6.45) is 2.01. The van der Waals surface area contributed by atoms with Gasteiger partial charge in [0.1, 0.15) is 12.9 Å². The van der Waals surface area contributed by atoms with Gasteiger partial charge in [0, 0.05) is 32.8 Å². The topological polar surface area (TPSA) is 108 Å². The van der Waals surface area contributed by atoms with Gasteiger partial charge in [-0.25, -0.2) is 18.5 Å². The lowest BCUT2D eigenvalue weighted by molar-refractivity contribution is -0.137. The van der Waals surface area contributed by atoms with Crippen LogP contribution in [0.15, 0.2) is 11.5 Å². The van der Waals surface area contributed by atoms with Gasteiger partial charge in [0.2, 0.25) is 5.91 Å². The highest BCUT2D eigenvalue weighted by Gasteiger charge is 2.31. The first-order chi connectivity index (χ1) is 10.1. The number of nitrogens with one attached hydrogen (secondary N) is 1. The number of piperazine rings is 1. The predicted octanol–water partition coefficient (Wildman–Crippen LogP) is -0.936. The van der Waals surface area contributed by atoms with Gasteiger partial charge in [-0.3, -0.25) is 4.79 Å². The Hall–Kier alpha value is -1.52. The number of sulfonamides is 1. The van der Waals surface area contributed by atoms with Crippen LogP contribution in [0.2, 0.25) is 0 Å². The molecule has 0 radical (unpaired) electrons. The molecule has 0 aliphatic carbocycles. The summed E-state index contributed by atoms with van der Waals surface area (Å²) in [5.41, 5.74) is 0. The number of hydrogen-bond donors (Lipinski definition) is 1. The average molecular weight is 317 g/mol. The predicted molar refractivity (Wildman–Crippen MR) is 72.8 cm³/mol. The van der Waals surface area contributed by atoms with Crippen molar-refractivity contribution in [3.8, 4) is 0 Å². The van der Waals surface area contributed by atoms with E-state index in [1.807, 2.05) is 6.92 Å². The van der Waals surface area contributed by atoms with E-state index in [-0.39, 0.29) is 30.8 Å². The summed E-state index contributed by atoms with van der Waals surface area (Å²) in [6, 6.07) is 0. The second-order valence-electron chi connectivity index (χ2n) is 4.63. The summed E-state index contributed by atoms with van der Waals surface area (Å²) in [5.74, 6) is -0.111. The third-order valence-corrected chi connectivity index (χ3v) is 4.87. The number of hydrogen-bond acceptors (Lipinski definition) is 6. The van der Waals surface area contributed by atoms with Crippen LogP contribution < -0.4 is 0 Å². The third-order valence-electron chi connectivity index (χ3n) is 3.14. The second-order valence-corrected chi connectivity index (χ2v) is 6.48. The third kappa shape index (κ3) is 3.77. The average Bonchev–Trinajstić information content (AvgIpc) is 3.02. The van der Waals surface area contributed by atoms with Gasteiger partial charge in [0.25, 0.3) is 15.2 Å². The fourth-order valence-electron chi connectivity index (χ4n) is 2.01. The van der Waals surface area contributed by atoms with Crippen molar-refractivity contribution in [2.45, 2.75) is 18.5 Å². The molecule has 118 valence electrons. The molecule has 1 N–H and O–H groups in total. The van der Waals surface area contributed by atoms with Gasteiger partial charge in [-0.1, -0.05) is 6.92 Å². The normalized spacial score (nSPS) is 17.1. The molecule has 10 heteroatoms. The van der Waals surface area contributed by atoms with E-state index in [1.165, 1.54) is 4.31 Å². The Balaban J connectivity index is 1.87. The van der Waals surface area contributed by atoms with E-state index in [4.69, 9.17) is 4.74 Å². The quantitative estimate of drug-likeness (QED) is 0.679. The van der Waals surface area contributed by atoms with E-state index >= 15 is 0 Å². The van der Waals surface area contributed by atoms with Crippen LogP contribution in [-0.2, 0) is 19.6 Å². The van der Waals surface area contributed by atoms with Gasteiger partial charge in [-0.15, -0.1) is 0 Å². The lowest BCUT2D eigenvalue weighted by atomic mass is 10.3. The van der Waals surface area contributed by atoms with Crippen LogP contribution in [0, 0.1) is 0 Å². The first-order valence-electron chi connectivity index (χ1n) is 6.76. The van der Waals surface area contributed by atoms with E-state index in [2.05, 4.69) is 15.2 Å². The maximum Gasteiger partial charge on any atom is 0.278 e. The maximum atomic E-state index is 12.2. The van der Waals surface area contributed by atoms with Crippen molar-refractivity contribution in [1.29, 1.82) is 0 Å². The smallest absolute Gasteiger partial charge is 0.278 e. The fourth-order valence-corrected chi connectivity index (χ4v) is 3.25. The summed E-state index contributed by atoms with van der Waals surface area (Å²) in [5, 5.41) is 5.72. The van der Waals surface area contributed by atoms with Crippen molar-refractivity contribution in [3.63, 3.8) is 0 Å². The summed E-state index contributed by atoms with van der Waals surface area (Å²) < 4.78 is 30.9. The summed E-state index contributed by atoms with van der Waals surface area (Å²) >= 11 is 0. The molecule has 2 heterocycles. The molecule has 21 heavy (non-hydrogen) atoms. The number of nitrogens with zero attached hydrogens (tertiary/aromatic N) is 4. The summed E-state index contributed by atoms with van der Waals surface area (Å²) in [4.78, 5) is 17.1. The van der Waals surface area contributed by atoms with Crippen molar-refractivity contribution in [2.24, 2.45) is 0 Å². The monoisotopic (exact) mass is 317 g/mol. The number of carbonyl (C=O) groups is 1. The minimum atomic E-state index is -3.65. The molecule has 0 saturated carbocycles. The van der Waals surface area contributed by atoms with Crippen LogP contribution in [0.25, 0.3) is 0 Å². The van der Waals surface area contributed by atoms with Crippen molar-refractivity contribution in [3.05, 3.63) is 6.33 Å². The zero-order chi connectivity index (χ0) is 15.3. The Kier molecular flexibility index (Phi) is 5.26. The number of aromatic amines is 1. The Labute approximate surface area is 123 Å². The van der Waals surface area contributed by atoms with Crippen LogP contribution in [0.4, 0.5) is 0 Å². The molecule has 1 aliphatic heterocycles. The van der Waals surface area contributed by atoms with E-state index in [0.717, 1.165) is 12.7 Å². The van der Waals surface area contributed by atoms with Gasteiger partial charge in [0.05, 0.1) is 0 Å². The van der Waals surface area contributed by atoms with Crippen molar-refractivity contribution in [1.82, 2.24) is 24.4 Å². The van der Waals surface area contributed by atoms with Crippen LogP contribution in [0.1, 0.15) is 13.3 Å². The molecule has 0 bridgehead atoms. The number of H-pyrrole nitrogens is 1. The number of amides is 1. The Morgan fingerprint density at radius 3 is 2.67 bits per heavy atom. The van der Waals surface area contributed by atoms with E-state index in [1.54, 1.807) is 4.90 Å². The van der Waals surface area contributed by atoms with Gasteiger partial charge < -0.3 is 9.64 Å². The lowest BCUT2D eigenvalue weighted by Gasteiger charge is -2.33. The highest BCUT2D eigenvalue weighted by molar-refractivity contribution is 7.88. The minimum absolute atomic E-state index is 0.0443. The van der Waals surface area contributed by atoms with Gasteiger partial charge in [-0.2, -0.15) is 9.40 Å². The van der Waals surface area contributed by atoms with Crippen molar-refractivity contribution >= 4 is 15.9 Å². The Morgan fingerprint density at radius 2 is 2.10 bits per heavy atom. The van der Waals surface area contributed by atoms with Gasteiger partial charge in [-0.05, 0) is 6.42 Å². The zero-order valence-corrected chi connectivity index (χ0v) is 12.7. The number of carbonyl (C=O) groups excluding carboxylic acids is 1. The molecule has 0 aromatic carbocycles. The van der Waals surface area contributed by atoms with E-state index in [0.29, 0.717) is 19.7 Å². The SMILES string of the molecule is CCCOCC(=O)N1CCN(S(=O)(=O)c2ncn[nH]2)CC1. The molecular weight excluding hydrogens is 298 g/mol. The maximum absolute atomic E-state index is 12.2. The molecule has 1 aromatic heterocycles. The Morgan fingerprint density at radius 1 is 1.38 bits per heavy atom. The molecule has 0 atom stereocenters. The Bertz CT molecular complexity index is 551. The fraction of sp³-hybridized carbons (Fsp3) is 0.727. The summed E-state index contributed by atoms with van der Waals surface area (Å²) in [7, 11) is -3.65. The minimum Gasteiger partial charge on any atom is -0.372 e. The zero-order valence-electron chi connectivity index (χ0n) is 11.9. The molecule has 2 rings (SSSR count). The lowest BCUT2D eigenvalue weighted by Crippen LogP contribution is -2.51. The molecule has 1 fully saturated rings. The van der Waals surface area contributed by atoms with Crippen LogP contribution in [0.5, 0.6) is 0 Å². The van der Waals surface area contributed by atoms with E-state index in [9.17, 15) is 13.2 Å². The van der Waals surface area contributed by atoms with Gasteiger partial charge >= 0.3 is 0 Å². The number of ether oxygens (including phenoxy) is 1. The number of rotatable bonds is 6. The van der Waals surface area contributed by atoms with Crippen molar-refractivity contribution < 1.29 is 17.9 Å².